The Balaban J connectivity index is 2.03. The fraction of sp³-hybridized carbons (Fsp3) is 0.0833. The number of nitrogens with zero attached hydrogens (tertiary/aromatic N) is 4. The fourth-order valence-corrected chi connectivity index (χ4v) is 1.87. The van der Waals surface area contributed by atoms with Crippen LogP contribution < -0.4 is 0 Å². The minimum Gasteiger partial charge on any atom is -0.242 e. The Kier molecular flexibility index (Phi) is 2.49. The molecule has 17 heavy (non-hydrogen) atoms. The van der Waals surface area contributed by atoms with Gasteiger partial charge >= 0.3 is 0 Å². The Bertz CT molecular complexity index is 648. The molecule has 0 aliphatic rings. The van der Waals surface area contributed by atoms with Crippen LogP contribution in [0.4, 0.5) is 0 Å². The molecule has 2 heterocycles. The Morgan fingerprint density at radius 2 is 2.00 bits per heavy atom. The van der Waals surface area contributed by atoms with Gasteiger partial charge in [-0.05, 0) is 5.56 Å². The topological polar surface area (TPSA) is 43.6 Å². The highest BCUT2D eigenvalue weighted by molar-refractivity contribution is 6.29. The van der Waals surface area contributed by atoms with E-state index in [1.807, 2.05) is 22.9 Å². The molecule has 0 amide bonds. The maximum Gasteiger partial charge on any atom is 0.131 e. The standard InChI is InChI=1S/C12H9ClN4/c13-12-6-11-10(7-14-12)15-16-17(11)8-9-4-2-1-3-5-9/h1-7H,8H2. The van der Waals surface area contributed by atoms with Crippen LogP contribution in [-0.4, -0.2) is 20.0 Å². The zero-order valence-corrected chi connectivity index (χ0v) is 9.67. The van der Waals surface area contributed by atoms with Crippen LogP contribution in [0.3, 0.4) is 0 Å². The quantitative estimate of drug-likeness (QED) is 0.651. The van der Waals surface area contributed by atoms with Gasteiger partial charge in [0.25, 0.3) is 0 Å². The van der Waals surface area contributed by atoms with Gasteiger partial charge in [0.05, 0.1) is 18.3 Å². The lowest BCUT2D eigenvalue weighted by Gasteiger charge is -2.02. The van der Waals surface area contributed by atoms with Crippen LogP contribution in [-0.2, 0) is 6.54 Å². The van der Waals surface area contributed by atoms with Crippen LogP contribution in [0.1, 0.15) is 5.56 Å². The average molecular weight is 245 g/mol. The molecule has 0 unspecified atom stereocenters. The molecule has 0 spiro atoms. The predicted molar refractivity (Wildman–Crippen MR) is 65.9 cm³/mol. The molecule has 0 bridgehead atoms. The van der Waals surface area contributed by atoms with E-state index in [1.54, 1.807) is 12.3 Å². The molecule has 4 nitrogen and oxygen atoms in total. The van der Waals surface area contributed by atoms with Gasteiger partial charge in [0.15, 0.2) is 0 Å². The van der Waals surface area contributed by atoms with E-state index in [9.17, 15) is 0 Å². The van der Waals surface area contributed by atoms with E-state index in [0.717, 1.165) is 11.0 Å². The summed E-state index contributed by atoms with van der Waals surface area (Å²) in [6.45, 7) is 0.678. The molecule has 5 heteroatoms. The normalized spacial score (nSPS) is 10.9. The summed E-state index contributed by atoms with van der Waals surface area (Å²) in [6, 6.07) is 11.9. The third-order valence-electron chi connectivity index (χ3n) is 2.54. The molecule has 0 saturated carbocycles. The first-order valence-corrected chi connectivity index (χ1v) is 5.59. The van der Waals surface area contributed by atoms with Crippen molar-refractivity contribution in [1.82, 2.24) is 20.0 Å². The van der Waals surface area contributed by atoms with Crippen molar-refractivity contribution >= 4 is 22.6 Å². The minimum atomic E-state index is 0.453. The fourth-order valence-electron chi connectivity index (χ4n) is 1.72. The lowest BCUT2D eigenvalue weighted by Crippen LogP contribution is -2.01. The average Bonchev–Trinajstić information content (AvgIpc) is 2.73. The van der Waals surface area contributed by atoms with Crippen LogP contribution in [0.25, 0.3) is 11.0 Å². The molecule has 3 aromatic rings. The van der Waals surface area contributed by atoms with Crippen molar-refractivity contribution in [3.8, 4) is 0 Å². The largest absolute Gasteiger partial charge is 0.242 e. The summed E-state index contributed by atoms with van der Waals surface area (Å²) in [4.78, 5) is 3.98. The van der Waals surface area contributed by atoms with Gasteiger partial charge in [0, 0.05) is 6.07 Å². The highest BCUT2D eigenvalue weighted by Crippen LogP contribution is 2.15. The van der Waals surface area contributed by atoms with Gasteiger partial charge in [-0.3, -0.25) is 0 Å². The smallest absolute Gasteiger partial charge is 0.131 e. The lowest BCUT2D eigenvalue weighted by molar-refractivity contribution is 0.670. The Hall–Kier alpha value is -1.94. The van der Waals surface area contributed by atoms with Crippen molar-refractivity contribution in [2.24, 2.45) is 0 Å². The SMILES string of the molecule is Clc1cc2c(cn1)nnn2Cc1ccccc1. The molecule has 3 rings (SSSR count). The van der Waals surface area contributed by atoms with Gasteiger partial charge in [-0.2, -0.15) is 0 Å². The molecule has 0 aliphatic heterocycles. The van der Waals surface area contributed by atoms with Crippen molar-refractivity contribution in [3.63, 3.8) is 0 Å². The lowest BCUT2D eigenvalue weighted by atomic mass is 10.2. The summed E-state index contributed by atoms with van der Waals surface area (Å²) in [6.07, 6.45) is 1.63. The van der Waals surface area contributed by atoms with E-state index in [2.05, 4.69) is 27.4 Å². The number of benzene rings is 1. The van der Waals surface area contributed by atoms with Gasteiger partial charge in [-0.1, -0.05) is 47.1 Å². The molecule has 0 radical (unpaired) electrons. The molecule has 0 saturated heterocycles. The molecule has 2 aromatic heterocycles. The molecule has 0 N–H and O–H groups in total. The van der Waals surface area contributed by atoms with Crippen molar-refractivity contribution in [3.05, 3.63) is 53.3 Å². The first kappa shape index (κ1) is 10.2. The molecule has 1 aromatic carbocycles. The number of rotatable bonds is 2. The third kappa shape index (κ3) is 1.99. The second-order valence-electron chi connectivity index (χ2n) is 3.73. The summed E-state index contributed by atoms with van der Waals surface area (Å²) in [5.41, 5.74) is 2.83. The summed E-state index contributed by atoms with van der Waals surface area (Å²) < 4.78 is 1.82. The summed E-state index contributed by atoms with van der Waals surface area (Å²) >= 11 is 5.87. The van der Waals surface area contributed by atoms with Gasteiger partial charge in [0.2, 0.25) is 0 Å². The van der Waals surface area contributed by atoms with Gasteiger partial charge in [-0.15, -0.1) is 5.10 Å². The van der Waals surface area contributed by atoms with Gasteiger partial charge < -0.3 is 0 Å². The highest BCUT2D eigenvalue weighted by Gasteiger charge is 2.05. The van der Waals surface area contributed by atoms with Crippen LogP contribution in [0, 0.1) is 0 Å². The van der Waals surface area contributed by atoms with Crippen molar-refractivity contribution in [2.75, 3.05) is 0 Å². The van der Waals surface area contributed by atoms with Crippen molar-refractivity contribution < 1.29 is 0 Å². The number of aromatic nitrogens is 4. The maximum absolute atomic E-state index is 5.87. The summed E-state index contributed by atoms with van der Waals surface area (Å²) in [5, 5.41) is 8.60. The van der Waals surface area contributed by atoms with Crippen LogP contribution in [0.2, 0.25) is 5.15 Å². The molecule has 0 atom stereocenters. The first-order valence-electron chi connectivity index (χ1n) is 5.21. The molecular weight excluding hydrogens is 236 g/mol. The van der Waals surface area contributed by atoms with Crippen LogP contribution in [0.5, 0.6) is 0 Å². The van der Waals surface area contributed by atoms with Crippen molar-refractivity contribution in [1.29, 1.82) is 0 Å². The molecule has 0 aliphatic carbocycles. The zero-order valence-electron chi connectivity index (χ0n) is 8.92. The summed E-state index contributed by atoms with van der Waals surface area (Å²) in [5.74, 6) is 0. The maximum atomic E-state index is 5.87. The van der Waals surface area contributed by atoms with E-state index >= 15 is 0 Å². The second-order valence-corrected chi connectivity index (χ2v) is 4.12. The first-order chi connectivity index (χ1) is 8.33. The second kappa shape index (κ2) is 4.14. The highest BCUT2D eigenvalue weighted by atomic mass is 35.5. The summed E-state index contributed by atoms with van der Waals surface area (Å²) in [7, 11) is 0. The number of fused-ring (bicyclic) bond motifs is 1. The molecule has 0 fully saturated rings. The van der Waals surface area contributed by atoms with Gasteiger partial charge in [-0.25, -0.2) is 9.67 Å². The van der Waals surface area contributed by atoms with E-state index in [-0.39, 0.29) is 0 Å². The van der Waals surface area contributed by atoms with Crippen molar-refractivity contribution in [2.45, 2.75) is 6.54 Å². The van der Waals surface area contributed by atoms with E-state index in [0.29, 0.717) is 11.7 Å². The number of hydrogen-bond acceptors (Lipinski definition) is 3. The zero-order chi connectivity index (χ0) is 11.7. The number of hydrogen-bond donors (Lipinski definition) is 0. The van der Waals surface area contributed by atoms with Crippen LogP contribution >= 0.6 is 11.6 Å². The minimum absolute atomic E-state index is 0.453. The van der Waals surface area contributed by atoms with E-state index in [4.69, 9.17) is 11.6 Å². The van der Waals surface area contributed by atoms with Gasteiger partial charge in [0.1, 0.15) is 10.7 Å². The van der Waals surface area contributed by atoms with E-state index < -0.39 is 0 Å². The molecular formula is C12H9ClN4. The van der Waals surface area contributed by atoms with Crippen LogP contribution in [0.15, 0.2) is 42.6 Å². The monoisotopic (exact) mass is 244 g/mol. The Morgan fingerprint density at radius 3 is 2.82 bits per heavy atom. The third-order valence-corrected chi connectivity index (χ3v) is 2.75. The Morgan fingerprint density at radius 1 is 1.18 bits per heavy atom. The number of pyridine rings is 1. The molecule has 84 valence electrons. The Labute approximate surface area is 103 Å². The predicted octanol–water partition coefficient (Wildman–Crippen LogP) is 2.53. The number of halogens is 1. The van der Waals surface area contributed by atoms with E-state index in [1.165, 1.54) is 5.56 Å².